The van der Waals surface area contributed by atoms with Gasteiger partial charge in [0.05, 0.1) is 0 Å². The summed E-state index contributed by atoms with van der Waals surface area (Å²) in [7, 11) is 0. The lowest BCUT2D eigenvalue weighted by atomic mass is 10.1. The first-order valence-electron chi connectivity index (χ1n) is 10.2. The highest BCUT2D eigenvalue weighted by atomic mass is 32.1. The number of rotatable bonds is 18. The molecular formula is C20H43NS. The number of thiol groups is 1. The Bertz CT molecular complexity index is 178. The van der Waals surface area contributed by atoms with Crippen LogP contribution in [-0.2, 0) is 0 Å². The van der Waals surface area contributed by atoms with Crippen LogP contribution in [0, 0.1) is 0 Å². The Kier molecular flexibility index (Phi) is 19.6. The lowest BCUT2D eigenvalue weighted by Gasteiger charge is -2.21. The summed E-state index contributed by atoms with van der Waals surface area (Å²) in [6.45, 7) is 8.35. The highest BCUT2D eigenvalue weighted by Gasteiger charge is 2.03. The zero-order chi connectivity index (χ0) is 16.3. The molecule has 0 saturated carbocycles. The van der Waals surface area contributed by atoms with Crippen molar-refractivity contribution < 1.29 is 0 Å². The van der Waals surface area contributed by atoms with Gasteiger partial charge in [-0.2, -0.15) is 12.6 Å². The van der Waals surface area contributed by atoms with E-state index in [-0.39, 0.29) is 0 Å². The van der Waals surface area contributed by atoms with E-state index in [1.807, 2.05) is 0 Å². The predicted molar refractivity (Wildman–Crippen MR) is 106 cm³/mol. The van der Waals surface area contributed by atoms with E-state index in [4.69, 9.17) is 0 Å². The molecule has 0 heterocycles. The van der Waals surface area contributed by atoms with E-state index in [9.17, 15) is 0 Å². The van der Waals surface area contributed by atoms with Gasteiger partial charge in [0.15, 0.2) is 0 Å². The fourth-order valence-corrected chi connectivity index (χ4v) is 3.34. The molecule has 0 amide bonds. The lowest BCUT2D eigenvalue weighted by molar-refractivity contribution is 0.275. The maximum Gasteiger partial charge on any atom is 0.00698 e. The molecule has 0 aliphatic carbocycles. The smallest absolute Gasteiger partial charge is 0.00698 e. The Balaban J connectivity index is 3.44. The van der Waals surface area contributed by atoms with Crippen molar-refractivity contribution in [2.75, 3.05) is 25.4 Å². The molecular weight excluding hydrogens is 286 g/mol. The second-order valence-corrected chi connectivity index (χ2v) is 7.26. The van der Waals surface area contributed by atoms with Crippen molar-refractivity contribution in [3.8, 4) is 0 Å². The molecule has 134 valence electrons. The van der Waals surface area contributed by atoms with E-state index < -0.39 is 0 Å². The minimum Gasteiger partial charge on any atom is -0.303 e. The highest BCUT2D eigenvalue weighted by molar-refractivity contribution is 7.80. The minimum atomic E-state index is 1.01. The van der Waals surface area contributed by atoms with Crippen molar-refractivity contribution in [2.24, 2.45) is 0 Å². The van der Waals surface area contributed by atoms with Crippen LogP contribution in [0.15, 0.2) is 0 Å². The maximum absolute atomic E-state index is 4.42. The zero-order valence-corrected chi connectivity index (χ0v) is 16.5. The number of hydrogen-bond donors (Lipinski definition) is 1. The topological polar surface area (TPSA) is 3.24 Å². The van der Waals surface area contributed by atoms with Gasteiger partial charge in [-0.25, -0.2) is 0 Å². The summed E-state index contributed by atoms with van der Waals surface area (Å²) in [6.07, 6.45) is 19.8. The normalized spacial score (nSPS) is 11.5. The summed E-state index contributed by atoms with van der Waals surface area (Å²) in [6, 6.07) is 0. The molecule has 0 aliphatic heterocycles. The Morgan fingerprint density at radius 2 is 0.864 bits per heavy atom. The number of nitrogens with zero attached hydrogens (tertiary/aromatic N) is 1. The zero-order valence-electron chi connectivity index (χ0n) is 15.6. The summed E-state index contributed by atoms with van der Waals surface area (Å²) in [5, 5.41) is 0. The fourth-order valence-electron chi connectivity index (χ4n) is 3.06. The van der Waals surface area contributed by atoms with Gasteiger partial charge in [-0.1, -0.05) is 90.9 Å². The van der Waals surface area contributed by atoms with Crippen molar-refractivity contribution in [1.29, 1.82) is 0 Å². The third kappa shape index (κ3) is 16.7. The van der Waals surface area contributed by atoms with Crippen LogP contribution in [0.1, 0.15) is 104 Å². The van der Waals surface area contributed by atoms with Crippen molar-refractivity contribution >= 4 is 12.6 Å². The van der Waals surface area contributed by atoms with Crippen LogP contribution >= 0.6 is 12.6 Å². The molecule has 2 heteroatoms. The van der Waals surface area contributed by atoms with Gasteiger partial charge >= 0.3 is 0 Å². The van der Waals surface area contributed by atoms with E-state index in [2.05, 4.69) is 31.4 Å². The van der Waals surface area contributed by atoms with E-state index in [0.29, 0.717) is 0 Å². The average molecular weight is 330 g/mol. The van der Waals surface area contributed by atoms with E-state index in [1.54, 1.807) is 0 Å². The Labute approximate surface area is 147 Å². The standard InChI is InChI=1S/C20H43NS/c1-3-5-7-9-11-13-15-17-21(19-20-22)18-16-14-12-10-8-6-4-2/h22H,3-20H2,1-2H3. The molecule has 0 aromatic carbocycles. The van der Waals surface area contributed by atoms with Gasteiger partial charge < -0.3 is 4.90 Å². The first kappa shape index (κ1) is 22.3. The summed E-state index contributed by atoms with van der Waals surface area (Å²) in [5.74, 6) is 1.01. The van der Waals surface area contributed by atoms with Crippen molar-refractivity contribution in [3.63, 3.8) is 0 Å². The Morgan fingerprint density at radius 3 is 1.23 bits per heavy atom. The Hall–Kier alpha value is 0.310. The SMILES string of the molecule is CCCCCCCCCN(CCS)CCCCCCCCC. The third-order valence-electron chi connectivity index (χ3n) is 4.57. The largest absolute Gasteiger partial charge is 0.303 e. The summed E-state index contributed by atoms with van der Waals surface area (Å²) in [5.41, 5.74) is 0. The second-order valence-electron chi connectivity index (χ2n) is 6.81. The van der Waals surface area contributed by atoms with Gasteiger partial charge in [0.1, 0.15) is 0 Å². The first-order valence-corrected chi connectivity index (χ1v) is 10.8. The van der Waals surface area contributed by atoms with E-state index in [1.165, 1.54) is 110 Å². The molecule has 0 rings (SSSR count). The molecule has 0 aliphatic rings. The van der Waals surface area contributed by atoms with Crippen LogP contribution in [-0.4, -0.2) is 30.3 Å². The van der Waals surface area contributed by atoms with Gasteiger partial charge in [-0.05, 0) is 25.9 Å². The monoisotopic (exact) mass is 329 g/mol. The molecule has 1 nitrogen and oxygen atoms in total. The molecule has 0 saturated heterocycles. The summed E-state index contributed by atoms with van der Waals surface area (Å²) < 4.78 is 0. The number of unbranched alkanes of at least 4 members (excludes halogenated alkanes) is 12. The predicted octanol–water partition coefficient (Wildman–Crippen LogP) is 6.72. The molecule has 0 aromatic heterocycles. The fraction of sp³-hybridized carbons (Fsp3) is 1.00. The van der Waals surface area contributed by atoms with Crippen molar-refractivity contribution in [1.82, 2.24) is 4.90 Å². The molecule has 0 radical (unpaired) electrons. The van der Waals surface area contributed by atoms with E-state index >= 15 is 0 Å². The summed E-state index contributed by atoms with van der Waals surface area (Å²) >= 11 is 4.42. The first-order chi connectivity index (χ1) is 10.8. The van der Waals surface area contributed by atoms with Crippen LogP contribution < -0.4 is 0 Å². The molecule has 0 unspecified atom stereocenters. The van der Waals surface area contributed by atoms with Crippen LogP contribution in [0.4, 0.5) is 0 Å². The average Bonchev–Trinajstić information content (AvgIpc) is 2.53. The van der Waals surface area contributed by atoms with Crippen LogP contribution in [0.3, 0.4) is 0 Å². The Morgan fingerprint density at radius 1 is 0.500 bits per heavy atom. The van der Waals surface area contributed by atoms with Gasteiger partial charge in [-0.15, -0.1) is 0 Å². The van der Waals surface area contributed by atoms with Crippen molar-refractivity contribution in [2.45, 2.75) is 104 Å². The van der Waals surface area contributed by atoms with Crippen LogP contribution in [0.25, 0.3) is 0 Å². The lowest BCUT2D eigenvalue weighted by Crippen LogP contribution is -2.28. The van der Waals surface area contributed by atoms with Gasteiger partial charge in [0, 0.05) is 12.3 Å². The maximum atomic E-state index is 4.42. The molecule has 0 N–H and O–H groups in total. The number of hydrogen-bond acceptors (Lipinski definition) is 2. The quantitative estimate of drug-likeness (QED) is 0.216. The van der Waals surface area contributed by atoms with E-state index in [0.717, 1.165) is 5.75 Å². The summed E-state index contributed by atoms with van der Waals surface area (Å²) in [4.78, 5) is 2.64. The molecule has 0 spiro atoms. The molecule has 22 heavy (non-hydrogen) atoms. The van der Waals surface area contributed by atoms with Gasteiger partial charge in [0.2, 0.25) is 0 Å². The van der Waals surface area contributed by atoms with Crippen LogP contribution in [0.5, 0.6) is 0 Å². The third-order valence-corrected chi connectivity index (χ3v) is 4.77. The second kappa shape index (κ2) is 19.4. The van der Waals surface area contributed by atoms with Crippen molar-refractivity contribution in [3.05, 3.63) is 0 Å². The van der Waals surface area contributed by atoms with Gasteiger partial charge in [0.25, 0.3) is 0 Å². The minimum absolute atomic E-state index is 1.01. The highest BCUT2D eigenvalue weighted by Crippen LogP contribution is 2.10. The molecule has 0 atom stereocenters. The van der Waals surface area contributed by atoms with Gasteiger partial charge in [-0.3, -0.25) is 0 Å². The van der Waals surface area contributed by atoms with Crippen LogP contribution in [0.2, 0.25) is 0 Å². The molecule has 0 fully saturated rings. The molecule has 0 aromatic rings. The molecule has 0 bridgehead atoms.